The van der Waals surface area contributed by atoms with Crippen LogP contribution in [0.25, 0.3) is 22.9 Å². The minimum absolute atomic E-state index is 0.235. The fourth-order valence-electron chi connectivity index (χ4n) is 4.73. The van der Waals surface area contributed by atoms with Gasteiger partial charge in [0.15, 0.2) is 11.0 Å². The molecule has 0 amide bonds. The number of hydrogen-bond donors (Lipinski definition) is 2. The van der Waals surface area contributed by atoms with Crippen LogP contribution in [0.15, 0.2) is 84.2 Å². The van der Waals surface area contributed by atoms with Crippen molar-refractivity contribution in [3.05, 3.63) is 90.4 Å². The normalized spacial score (nSPS) is 15.7. The average molecular weight is 657 g/mol. The van der Waals surface area contributed by atoms with Crippen LogP contribution in [0.4, 0.5) is 23.2 Å². The van der Waals surface area contributed by atoms with Crippen molar-refractivity contribution in [3.63, 3.8) is 0 Å². The number of aliphatic hydroxyl groups excluding tert-OH is 1. The molecule has 14 heteroatoms. The average Bonchev–Trinajstić information content (AvgIpc) is 3.54. The number of hydrogen-bond acceptors (Lipinski definition) is 8. The van der Waals surface area contributed by atoms with Gasteiger partial charge in [0, 0.05) is 35.3 Å². The van der Waals surface area contributed by atoms with Crippen molar-refractivity contribution in [2.24, 2.45) is 4.99 Å². The van der Waals surface area contributed by atoms with E-state index in [4.69, 9.17) is 4.74 Å². The Morgan fingerprint density at radius 1 is 1.07 bits per heavy atom. The summed E-state index contributed by atoms with van der Waals surface area (Å²) in [6.45, 7) is 4.95. The zero-order chi connectivity index (χ0) is 32.8. The molecule has 46 heavy (non-hydrogen) atoms. The van der Waals surface area contributed by atoms with Crippen LogP contribution < -0.4 is 19.7 Å². The van der Waals surface area contributed by atoms with Crippen molar-refractivity contribution in [1.29, 1.82) is 0 Å². The molecule has 3 aromatic carbocycles. The Hall–Kier alpha value is -4.56. The second-order valence-electron chi connectivity index (χ2n) is 10.5. The number of amidine groups is 1. The van der Waals surface area contributed by atoms with E-state index in [1.165, 1.54) is 47.0 Å². The van der Waals surface area contributed by atoms with Crippen LogP contribution in [0, 0.1) is 0 Å². The first-order valence-corrected chi connectivity index (χ1v) is 15.3. The molecule has 1 aliphatic heterocycles. The van der Waals surface area contributed by atoms with E-state index in [0.717, 1.165) is 41.9 Å². The fraction of sp³-hybridized carbons (Fsp3) is 0.281. The number of nitrogens with zero attached hydrogens (tertiary/aromatic N) is 5. The first-order valence-electron chi connectivity index (χ1n) is 14.4. The Labute approximate surface area is 267 Å². The van der Waals surface area contributed by atoms with Crippen molar-refractivity contribution in [2.45, 2.75) is 38.9 Å². The highest BCUT2D eigenvalue weighted by Gasteiger charge is 2.31. The second kappa shape index (κ2) is 14.3. The van der Waals surface area contributed by atoms with E-state index in [9.17, 15) is 18.3 Å². The van der Waals surface area contributed by atoms with Crippen molar-refractivity contribution >= 4 is 28.4 Å². The first-order chi connectivity index (χ1) is 22.0. The number of methoxy groups -OCH3 is 1. The number of rotatable bonds is 10. The van der Waals surface area contributed by atoms with Crippen LogP contribution in [0.5, 0.6) is 11.5 Å². The maximum Gasteiger partial charge on any atom is 0.573 e. The molecule has 1 saturated heterocycles. The van der Waals surface area contributed by atoms with Gasteiger partial charge in [0.05, 0.1) is 12.8 Å². The van der Waals surface area contributed by atoms with Gasteiger partial charge in [0.2, 0.25) is 6.35 Å². The van der Waals surface area contributed by atoms with Crippen LogP contribution in [-0.4, -0.2) is 57.2 Å². The number of alkyl halides is 3. The zero-order valence-corrected chi connectivity index (χ0v) is 26.0. The van der Waals surface area contributed by atoms with Crippen molar-refractivity contribution in [2.75, 3.05) is 24.3 Å². The van der Waals surface area contributed by atoms with Gasteiger partial charge in [-0.25, -0.2) is 19.0 Å². The van der Waals surface area contributed by atoms with E-state index in [0.29, 0.717) is 22.2 Å². The number of aliphatic imine (C=N–C) groups is 1. The summed E-state index contributed by atoms with van der Waals surface area (Å²) >= 11 is 1.53. The molecule has 1 aliphatic rings. The van der Waals surface area contributed by atoms with Crippen LogP contribution in [0.2, 0.25) is 0 Å². The summed E-state index contributed by atoms with van der Waals surface area (Å²) in [6.07, 6.45) is -2.73. The van der Waals surface area contributed by atoms with Gasteiger partial charge in [0.25, 0.3) is 0 Å². The lowest BCUT2D eigenvalue weighted by Crippen LogP contribution is -2.37. The maximum atomic E-state index is 15.0. The molecule has 1 fully saturated rings. The van der Waals surface area contributed by atoms with Crippen LogP contribution in [0.3, 0.4) is 0 Å². The predicted octanol–water partition coefficient (Wildman–Crippen LogP) is 7.10. The third-order valence-corrected chi connectivity index (χ3v) is 8.05. The van der Waals surface area contributed by atoms with Gasteiger partial charge < -0.3 is 24.8 Å². The standard InChI is InChI=1S/C32H32F4N6O3S/c1-20(2)26-17-25(44-3)13-14-28(26)41-15-4-16-46-31(41)39-30(43)37-18-27(33)21-5-7-22(8-6-21)29-38-19-42(40-29)23-9-11-24(12-10-23)45-32(34,35)36/h5-14,17-20,30,37,43H,4,15-16H2,1-3H3/b27-18-,39-31-. The number of benzene rings is 3. The lowest BCUT2D eigenvalue weighted by Gasteiger charge is -2.32. The Kier molecular flexibility index (Phi) is 10.2. The molecule has 0 spiro atoms. The van der Waals surface area contributed by atoms with Gasteiger partial charge in [-0.15, -0.1) is 18.3 Å². The summed E-state index contributed by atoms with van der Waals surface area (Å²) < 4.78 is 63.0. The molecule has 2 N–H and O–H groups in total. The van der Waals surface area contributed by atoms with E-state index in [2.05, 4.69) is 43.9 Å². The summed E-state index contributed by atoms with van der Waals surface area (Å²) in [4.78, 5) is 10.7. The Morgan fingerprint density at radius 3 is 2.46 bits per heavy atom. The molecule has 1 unspecified atom stereocenters. The maximum absolute atomic E-state index is 15.0. The minimum atomic E-state index is -4.78. The second-order valence-corrected chi connectivity index (χ2v) is 11.6. The smallest absolute Gasteiger partial charge is 0.497 e. The number of ether oxygens (including phenoxy) is 2. The molecular formula is C32H32F4N6O3S. The topological polar surface area (TPSA) is 97.0 Å². The predicted molar refractivity (Wildman–Crippen MR) is 171 cm³/mol. The van der Waals surface area contributed by atoms with Gasteiger partial charge in [-0.05, 0) is 60.4 Å². The third kappa shape index (κ3) is 8.17. The molecule has 2 heterocycles. The van der Waals surface area contributed by atoms with E-state index < -0.39 is 18.5 Å². The molecule has 0 saturated carbocycles. The van der Waals surface area contributed by atoms with Crippen molar-refractivity contribution in [1.82, 2.24) is 20.1 Å². The number of nitrogens with one attached hydrogen (secondary N) is 1. The lowest BCUT2D eigenvalue weighted by molar-refractivity contribution is -0.274. The number of anilines is 1. The highest BCUT2D eigenvalue weighted by Crippen LogP contribution is 2.35. The summed E-state index contributed by atoms with van der Waals surface area (Å²) in [5.74, 6) is 1.23. The Balaban J connectivity index is 1.24. The molecule has 1 atom stereocenters. The van der Waals surface area contributed by atoms with Gasteiger partial charge in [-0.1, -0.05) is 49.9 Å². The summed E-state index contributed by atoms with van der Waals surface area (Å²) in [7, 11) is 1.63. The van der Waals surface area contributed by atoms with Gasteiger partial charge in [0.1, 0.15) is 23.7 Å². The molecule has 4 aromatic rings. The van der Waals surface area contributed by atoms with E-state index in [1.54, 1.807) is 31.4 Å². The van der Waals surface area contributed by atoms with E-state index in [1.807, 2.05) is 18.2 Å². The SMILES string of the molecule is COc1ccc(N2CCCS/C2=N\C(O)N/C=C(\F)c2ccc(-c3ncn(-c4ccc(OC(F)(F)F)cc4)n3)cc2)c(C(C)C)c1. The number of aliphatic hydroxyl groups is 1. The van der Waals surface area contributed by atoms with Crippen LogP contribution >= 0.6 is 11.8 Å². The van der Waals surface area contributed by atoms with Gasteiger partial charge >= 0.3 is 6.36 Å². The number of thioether (sulfide) groups is 1. The van der Waals surface area contributed by atoms with Gasteiger partial charge in [-0.2, -0.15) is 0 Å². The largest absolute Gasteiger partial charge is 0.573 e. The molecule has 0 aliphatic carbocycles. The Bertz CT molecular complexity index is 1690. The molecule has 242 valence electrons. The monoisotopic (exact) mass is 656 g/mol. The molecule has 0 radical (unpaired) electrons. The van der Waals surface area contributed by atoms with E-state index in [-0.39, 0.29) is 17.2 Å². The first kappa shape index (κ1) is 32.8. The minimum Gasteiger partial charge on any atom is -0.497 e. The van der Waals surface area contributed by atoms with Crippen LogP contribution in [0.1, 0.15) is 37.3 Å². The quantitative estimate of drug-likeness (QED) is 0.138. The summed E-state index contributed by atoms with van der Waals surface area (Å²) in [5.41, 5.74) is 3.42. The highest BCUT2D eigenvalue weighted by molar-refractivity contribution is 8.14. The van der Waals surface area contributed by atoms with Crippen LogP contribution in [-0.2, 0) is 0 Å². The number of halogens is 4. The van der Waals surface area contributed by atoms with Crippen molar-refractivity contribution < 1.29 is 32.1 Å². The molecule has 9 nitrogen and oxygen atoms in total. The number of aromatic nitrogens is 3. The fourth-order valence-corrected chi connectivity index (χ4v) is 5.71. The van der Waals surface area contributed by atoms with Gasteiger partial charge in [-0.3, -0.25) is 0 Å². The lowest BCUT2D eigenvalue weighted by atomic mass is 10.00. The molecule has 1 aromatic heterocycles. The molecule has 5 rings (SSSR count). The molecule has 0 bridgehead atoms. The summed E-state index contributed by atoms with van der Waals surface area (Å²) in [6, 6.07) is 17.5. The summed E-state index contributed by atoms with van der Waals surface area (Å²) in [5, 5.41) is 18.2. The van der Waals surface area contributed by atoms with E-state index >= 15 is 4.39 Å². The third-order valence-electron chi connectivity index (χ3n) is 6.97. The highest BCUT2D eigenvalue weighted by atomic mass is 32.2. The molecular weight excluding hydrogens is 624 g/mol. The zero-order valence-electron chi connectivity index (χ0n) is 25.2. The Morgan fingerprint density at radius 2 is 1.78 bits per heavy atom. The van der Waals surface area contributed by atoms with Crippen molar-refractivity contribution in [3.8, 4) is 28.6 Å².